The zero-order valence-electron chi connectivity index (χ0n) is 14.3. The van der Waals surface area contributed by atoms with E-state index in [0.29, 0.717) is 13.1 Å². The first-order valence-corrected chi connectivity index (χ1v) is 8.48. The summed E-state index contributed by atoms with van der Waals surface area (Å²) in [6.07, 6.45) is -4.58. The van der Waals surface area contributed by atoms with Gasteiger partial charge in [-0.05, 0) is 37.2 Å². The van der Waals surface area contributed by atoms with Crippen LogP contribution in [0.1, 0.15) is 30.7 Å². The van der Waals surface area contributed by atoms with Crippen LogP contribution in [-0.4, -0.2) is 21.1 Å². The summed E-state index contributed by atoms with van der Waals surface area (Å²) in [5, 5.41) is 5.72. The van der Waals surface area contributed by atoms with Gasteiger partial charge in [0.1, 0.15) is 5.82 Å². The molecule has 0 atom stereocenters. The number of rotatable bonds is 3. The van der Waals surface area contributed by atoms with E-state index in [0.717, 1.165) is 17.2 Å². The summed E-state index contributed by atoms with van der Waals surface area (Å²) in [6.45, 7) is 4.74. The van der Waals surface area contributed by atoms with E-state index in [1.165, 1.54) is 0 Å². The lowest BCUT2D eigenvalue weighted by molar-refractivity contribution is -0.141. The van der Waals surface area contributed by atoms with E-state index in [1.54, 1.807) is 4.90 Å². The maximum absolute atomic E-state index is 13.3. The summed E-state index contributed by atoms with van der Waals surface area (Å²) in [4.78, 5) is 9.59. The Morgan fingerprint density at radius 3 is 2.31 bits per heavy atom. The molecule has 0 aliphatic carbocycles. The van der Waals surface area contributed by atoms with E-state index in [-0.39, 0.29) is 22.9 Å². The van der Waals surface area contributed by atoms with Gasteiger partial charge < -0.3 is 15.5 Å². The number of aromatic nitrogens is 2. The maximum Gasteiger partial charge on any atom is 0.433 e. The zero-order valence-corrected chi connectivity index (χ0v) is 15.1. The smallest absolute Gasteiger partial charge is 0.360 e. The molecule has 0 radical (unpaired) electrons. The van der Waals surface area contributed by atoms with Crippen molar-refractivity contribution in [3.63, 3.8) is 0 Å². The van der Waals surface area contributed by atoms with Crippen LogP contribution in [0.4, 0.5) is 24.9 Å². The standard InChI is InChI=1S/C17H18F3N5S/c1-10(2)21-16(26)24-15-22-13(17(18,19)20)7-14(23-15)25-8-11-5-3-4-6-12(11)9-25/h3-7,10H,8-9H2,1-2H3,(H2,21,22,23,24,26). The lowest BCUT2D eigenvalue weighted by atomic mass is 10.1. The number of nitrogens with one attached hydrogen (secondary N) is 2. The van der Waals surface area contributed by atoms with Crippen LogP contribution >= 0.6 is 12.2 Å². The van der Waals surface area contributed by atoms with Crippen molar-refractivity contribution in [3.8, 4) is 0 Å². The largest absolute Gasteiger partial charge is 0.433 e. The molecule has 1 aliphatic rings. The third-order valence-electron chi connectivity index (χ3n) is 3.81. The van der Waals surface area contributed by atoms with Crippen molar-refractivity contribution < 1.29 is 13.2 Å². The first-order valence-electron chi connectivity index (χ1n) is 8.08. The quantitative estimate of drug-likeness (QED) is 0.791. The Kier molecular flexibility index (Phi) is 4.99. The Morgan fingerprint density at radius 1 is 1.15 bits per heavy atom. The molecule has 138 valence electrons. The second-order valence-electron chi connectivity index (χ2n) is 6.31. The minimum Gasteiger partial charge on any atom is -0.360 e. The van der Waals surface area contributed by atoms with Crippen molar-refractivity contribution in [1.82, 2.24) is 15.3 Å². The van der Waals surface area contributed by atoms with Crippen LogP contribution in [0, 0.1) is 0 Å². The molecule has 0 amide bonds. The summed E-state index contributed by atoms with van der Waals surface area (Å²) in [6, 6.07) is 8.74. The Bertz CT molecular complexity index is 797. The molecule has 0 saturated carbocycles. The number of hydrogen-bond donors (Lipinski definition) is 2. The predicted octanol–water partition coefficient (Wildman–Crippen LogP) is 3.71. The fourth-order valence-corrected chi connectivity index (χ4v) is 3.02. The molecule has 1 aromatic carbocycles. The first kappa shape index (κ1) is 18.4. The molecule has 26 heavy (non-hydrogen) atoms. The first-order chi connectivity index (χ1) is 12.2. The summed E-state index contributed by atoms with van der Waals surface area (Å²) in [5.74, 6) is 0.0299. The second-order valence-corrected chi connectivity index (χ2v) is 6.72. The molecule has 1 aromatic heterocycles. The van der Waals surface area contributed by atoms with Crippen molar-refractivity contribution in [2.45, 2.75) is 39.2 Å². The fourth-order valence-electron chi connectivity index (χ4n) is 2.69. The minimum atomic E-state index is -4.58. The van der Waals surface area contributed by atoms with Crippen LogP contribution in [0.15, 0.2) is 30.3 Å². The van der Waals surface area contributed by atoms with Gasteiger partial charge in [0.05, 0.1) is 0 Å². The van der Waals surface area contributed by atoms with Crippen molar-refractivity contribution in [2.24, 2.45) is 0 Å². The molecule has 1 aliphatic heterocycles. The summed E-state index contributed by atoms with van der Waals surface area (Å²) >= 11 is 5.09. The van der Waals surface area contributed by atoms with Gasteiger partial charge in [-0.3, -0.25) is 0 Å². The molecule has 0 saturated heterocycles. The topological polar surface area (TPSA) is 53.1 Å². The highest BCUT2D eigenvalue weighted by Crippen LogP contribution is 2.33. The van der Waals surface area contributed by atoms with Crippen LogP contribution < -0.4 is 15.5 Å². The molecule has 0 spiro atoms. The summed E-state index contributed by atoms with van der Waals surface area (Å²) in [7, 11) is 0. The van der Waals surface area contributed by atoms with Gasteiger partial charge in [0.25, 0.3) is 0 Å². The predicted molar refractivity (Wildman–Crippen MR) is 97.9 cm³/mol. The Hall–Kier alpha value is -2.42. The SMILES string of the molecule is CC(C)NC(=S)Nc1nc(N2Cc3ccccc3C2)cc(C(F)(F)F)n1. The van der Waals surface area contributed by atoms with E-state index in [9.17, 15) is 13.2 Å². The van der Waals surface area contributed by atoms with Gasteiger partial charge in [0, 0.05) is 25.2 Å². The van der Waals surface area contributed by atoms with Gasteiger partial charge in [-0.1, -0.05) is 24.3 Å². The number of thiocarbonyl (C=S) groups is 1. The molecule has 2 aromatic rings. The number of nitrogens with zero attached hydrogens (tertiary/aromatic N) is 3. The number of fused-ring (bicyclic) bond motifs is 1. The van der Waals surface area contributed by atoms with Crippen molar-refractivity contribution in [2.75, 3.05) is 10.2 Å². The highest BCUT2D eigenvalue weighted by molar-refractivity contribution is 7.80. The Morgan fingerprint density at radius 2 is 1.77 bits per heavy atom. The van der Waals surface area contributed by atoms with Crippen LogP contribution in [0.25, 0.3) is 0 Å². The van der Waals surface area contributed by atoms with Gasteiger partial charge in [-0.15, -0.1) is 0 Å². The van der Waals surface area contributed by atoms with Crippen molar-refractivity contribution >= 4 is 29.1 Å². The van der Waals surface area contributed by atoms with Gasteiger partial charge >= 0.3 is 6.18 Å². The monoisotopic (exact) mass is 381 g/mol. The average molecular weight is 381 g/mol. The third-order valence-corrected chi connectivity index (χ3v) is 4.03. The molecular weight excluding hydrogens is 363 g/mol. The number of alkyl halides is 3. The number of benzene rings is 1. The van der Waals surface area contributed by atoms with Crippen LogP contribution in [0.3, 0.4) is 0 Å². The van der Waals surface area contributed by atoms with Crippen LogP contribution in [-0.2, 0) is 19.3 Å². The number of anilines is 2. The molecule has 9 heteroatoms. The molecule has 0 unspecified atom stereocenters. The van der Waals surface area contributed by atoms with E-state index in [1.807, 2.05) is 38.1 Å². The van der Waals surface area contributed by atoms with Crippen molar-refractivity contribution in [3.05, 3.63) is 47.2 Å². The zero-order chi connectivity index (χ0) is 18.9. The Labute approximate surface area is 154 Å². The second kappa shape index (κ2) is 7.06. The lowest BCUT2D eigenvalue weighted by Crippen LogP contribution is -2.34. The molecule has 0 bridgehead atoms. The van der Waals surface area contributed by atoms with Gasteiger partial charge in [0.2, 0.25) is 5.95 Å². The normalized spacial score (nSPS) is 13.7. The fraction of sp³-hybridized carbons (Fsp3) is 0.353. The van der Waals surface area contributed by atoms with Gasteiger partial charge in [0.15, 0.2) is 10.8 Å². The maximum atomic E-state index is 13.3. The van der Waals surface area contributed by atoms with Crippen LogP contribution in [0.5, 0.6) is 0 Å². The van der Waals surface area contributed by atoms with E-state index in [2.05, 4.69) is 20.6 Å². The van der Waals surface area contributed by atoms with Gasteiger partial charge in [-0.2, -0.15) is 18.2 Å². The summed E-state index contributed by atoms with van der Waals surface area (Å²) < 4.78 is 39.8. The minimum absolute atomic E-state index is 0.0355. The molecule has 2 N–H and O–H groups in total. The molecular formula is C17H18F3N5S. The summed E-state index contributed by atoms with van der Waals surface area (Å²) in [5.41, 5.74) is 1.14. The van der Waals surface area contributed by atoms with E-state index in [4.69, 9.17) is 12.2 Å². The number of hydrogen-bond acceptors (Lipinski definition) is 4. The average Bonchev–Trinajstić information content (AvgIpc) is 2.97. The number of halogens is 3. The Balaban J connectivity index is 1.90. The lowest BCUT2D eigenvalue weighted by Gasteiger charge is -2.20. The molecule has 3 rings (SSSR count). The highest BCUT2D eigenvalue weighted by atomic mass is 32.1. The highest BCUT2D eigenvalue weighted by Gasteiger charge is 2.35. The van der Waals surface area contributed by atoms with Gasteiger partial charge in [-0.25, -0.2) is 4.98 Å². The third kappa shape index (κ3) is 4.21. The van der Waals surface area contributed by atoms with E-state index < -0.39 is 11.9 Å². The van der Waals surface area contributed by atoms with Crippen molar-refractivity contribution in [1.29, 1.82) is 0 Å². The molecule has 0 fully saturated rings. The van der Waals surface area contributed by atoms with Crippen LogP contribution in [0.2, 0.25) is 0 Å². The van der Waals surface area contributed by atoms with E-state index >= 15 is 0 Å². The molecule has 2 heterocycles. The molecule has 5 nitrogen and oxygen atoms in total.